The van der Waals surface area contributed by atoms with Gasteiger partial charge in [0.2, 0.25) is 0 Å². The van der Waals surface area contributed by atoms with E-state index in [1.54, 1.807) is 53.7 Å². The minimum Gasteiger partial charge on any atom is -0.457 e. The van der Waals surface area contributed by atoms with Crippen LogP contribution < -0.4 is 30.7 Å². The number of carbonyl (C=O) groups excluding carboxylic acids is 2. The number of morpholine rings is 1. The topological polar surface area (TPSA) is 221 Å². The molecule has 9 rings (SSSR count). The number of pyridine rings is 4. The standard InChI is InChI=1S/C27H25F4N7O3.C23H18F4N6O3/c28-23-12-21(1-2-24(23)36-26(39)35-20-11-19(15-32-16-20)27(29,30)31)41-22-3-4-33-25(13-22)18-14-34-38(17-18)6-5-37-7-9-40-10-8-37;24-19-8-17(36-18-3-4-29-21(9-18)14-10-30-33(13-14)5-6-34)1-2-20(19)32-22(35)31-16-7-15(11-28-12-16)23(25,26)27/h1-4,11-17H,5-10H2,(H2,35,36,39);1-4,7-13,34H,5-6H2,(H2,31,32,35). The molecule has 1 aliphatic heterocycles. The Balaban J connectivity index is 0.000000205. The van der Waals surface area contributed by atoms with Crippen LogP contribution in [0, 0.1) is 11.6 Å². The summed E-state index contributed by atoms with van der Waals surface area (Å²) in [6.07, 6.45) is 4.06. The average Bonchev–Trinajstić information content (AvgIpc) is 4.09. The van der Waals surface area contributed by atoms with E-state index in [1.165, 1.54) is 30.5 Å². The third kappa shape index (κ3) is 15.5. The zero-order valence-electron chi connectivity index (χ0n) is 39.9. The lowest BCUT2D eigenvalue weighted by molar-refractivity contribution is -0.138. The van der Waals surface area contributed by atoms with Gasteiger partial charge >= 0.3 is 24.4 Å². The third-order valence-electron chi connectivity index (χ3n) is 10.9. The summed E-state index contributed by atoms with van der Waals surface area (Å²) in [5.41, 5.74) is -0.221. The number of anilines is 4. The summed E-state index contributed by atoms with van der Waals surface area (Å²) in [7, 11) is 0. The molecule has 19 nitrogen and oxygen atoms in total. The lowest BCUT2D eigenvalue weighted by Gasteiger charge is -2.26. The molecule has 1 aliphatic rings. The van der Waals surface area contributed by atoms with Crippen LogP contribution in [0.5, 0.6) is 23.0 Å². The summed E-state index contributed by atoms with van der Waals surface area (Å²) in [4.78, 5) is 42.2. The van der Waals surface area contributed by atoms with Gasteiger partial charge in [-0.3, -0.25) is 34.2 Å². The molecule has 4 amide bonds. The van der Waals surface area contributed by atoms with E-state index in [4.69, 9.17) is 19.3 Å². The largest absolute Gasteiger partial charge is 0.457 e. The van der Waals surface area contributed by atoms with Crippen molar-refractivity contribution in [3.05, 3.63) is 158 Å². The van der Waals surface area contributed by atoms with Crippen LogP contribution >= 0.6 is 0 Å². The predicted molar refractivity (Wildman–Crippen MR) is 262 cm³/mol. The normalized spacial score (nSPS) is 12.7. The molecule has 1 fully saturated rings. The number of amides is 4. The van der Waals surface area contributed by atoms with E-state index in [9.17, 15) is 44.7 Å². The van der Waals surface area contributed by atoms with Crippen molar-refractivity contribution in [3.63, 3.8) is 0 Å². The number of hydrogen-bond acceptors (Lipinski definition) is 13. The summed E-state index contributed by atoms with van der Waals surface area (Å²) < 4.78 is 126. The summed E-state index contributed by atoms with van der Waals surface area (Å²) in [6.45, 7) is 5.14. The van der Waals surface area contributed by atoms with Gasteiger partial charge in [-0.05, 0) is 48.5 Å². The fraction of sp³-hybridized carbons (Fsp3) is 0.200. The van der Waals surface area contributed by atoms with E-state index in [0.29, 0.717) is 53.5 Å². The molecule has 0 radical (unpaired) electrons. The summed E-state index contributed by atoms with van der Waals surface area (Å²) >= 11 is 0. The van der Waals surface area contributed by atoms with Gasteiger partial charge in [0.05, 0.1) is 103 Å². The van der Waals surface area contributed by atoms with Gasteiger partial charge in [-0.1, -0.05) is 0 Å². The Morgan fingerprint density at radius 2 is 1.03 bits per heavy atom. The maximum atomic E-state index is 14.7. The molecule has 6 aromatic heterocycles. The molecule has 0 aliphatic carbocycles. The highest BCUT2D eigenvalue weighted by molar-refractivity contribution is 6.00. The van der Waals surface area contributed by atoms with Crippen molar-refractivity contribution in [1.29, 1.82) is 0 Å². The van der Waals surface area contributed by atoms with E-state index in [2.05, 4.69) is 56.3 Å². The number of alkyl halides is 6. The Labute approximate surface area is 431 Å². The highest BCUT2D eigenvalue weighted by Gasteiger charge is 2.32. The van der Waals surface area contributed by atoms with Crippen LogP contribution in [-0.4, -0.2) is 101 Å². The van der Waals surface area contributed by atoms with Crippen molar-refractivity contribution in [2.24, 2.45) is 0 Å². The van der Waals surface area contributed by atoms with Gasteiger partial charge < -0.3 is 40.6 Å². The summed E-state index contributed by atoms with van der Waals surface area (Å²) in [5.74, 6) is -0.571. The average molecular weight is 1070 g/mol. The molecule has 0 spiro atoms. The molecule has 0 unspecified atom stereocenters. The minimum atomic E-state index is -4.62. The van der Waals surface area contributed by atoms with Gasteiger partial charge in [-0.2, -0.15) is 36.5 Å². The number of nitrogens with one attached hydrogen (secondary N) is 4. The SMILES string of the molecule is O=C(Nc1cncc(C(F)(F)F)c1)Nc1ccc(Oc2ccnc(-c3cnn(CCN4CCOCC4)c3)c2)cc1F.O=C(Nc1cncc(C(F)(F)F)c1)Nc1ccc(Oc2ccnc(-c3cnn(CCO)c3)c2)cc1F. The van der Waals surface area contributed by atoms with Crippen LogP contribution in [0.25, 0.3) is 22.5 Å². The van der Waals surface area contributed by atoms with Crippen LogP contribution in [0.3, 0.4) is 0 Å². The number of aliphatic hydroxyl groups is 1. The molecule has 77 heavy (non-hydrogen) atoms. The Morgan fingerprint density at radius 1 is 0.571 bits per heavy atom. The Kier molecular flexibility index (Phi) is 17.3. The van der Waals surface area contributed by atoms with Gasteiger partial charge in [0.25, 0.3) is 0 Å². The van der Waals surface area contributed by atoms with Crippen molar-refractivity contribution < 1.29 is 64.0 Å². The number of carbonyl (C=O) groups is 2. The molecule has 5 N–H and O–H groups in total. The fourth-order valence-electron chi connectivity index (χ4n) is 7.16. The molecule has 1 saturated heterocycles. The van der Waals surface area contributed by atoms with Gasteiger partial charge in [0, 0.05) is 92.2 Å². The molecule has 7 heterocycles. The molecule has 0 saturated carbocycles. The quantitative estimate of drug-likeness (QED) is 0.0604. The second-order valence-electron chi connectivity index (χ2n) is 16.5. The number of benzene rings is 2. The second kappa shape index (κ2) is 24.5. The number of hydrogen-bond donors (Lipinski definition) is 5. The number of nitrogens with zero attached hydrogens (tertiary/aromatic N) is 9. The maximum absolute atomic E-state index is 14.7. The number of urea groups is 2. The monoisotopic (exact) mass is 1070 g/mol. The number of ether oxygens (including phenoxy) is 3. The number of aliphatic hydroxyl groups excluding tert-OH is 1. The highest BCUT2D eigenvalue weighted by atomic mass is 19.4. The van der Waals surface area contributed by atoms with Gasteiger partial charge in [0.15, 0.2) is 0 Å². The molecule has 0 bridgehead atoms. The van der Waals surface area contributed by atoms with Crippen LogP contribution in [0.1, 0.15) is 11.1 Å². The van der Waals surface area contributed by atoms with E-state index >= 15 is 0 Å². The molecular weight excluding hydrogens is 1030 g/mol. The van der Waals surface area contributed by atoms with Crippen molar-refractivity contribution in [2.75, 3.05) is 60.7 Å². The highest BCUT2D eigenvalue weighted by Crippen LogP contribution is 2.33. The number of rotatable bonds is 15. The second-order valence-corrected chi connectivity index (χ2v) is 16.5. The number of aromatic nitrogens is 8. The van der Waals surface area contributed by atoms with Crippen molar-refractivity contribution in [2.45, 2.75) is 25.4 Å². The van der Waals surface area contributed by atoms with Gasteiger partial charge in [-0.15, -0.1) is 0 Å². The molecule has 2 aromatic carbocycles. The first kappa shape index (κ1) is 54.2. The van der Waals surface area contributed by atoms with Crippen molar-refractivity contribution >= 4 is 34.8 Å². The van der Waals surface area contributed by atoms with Crippen LogP contribution in [0.4, 0.5) is 67.5 Å². The van der Waals surface area contributed by atoms with Crippen LogP contribution in [-0.2, 0) is 30.2 Å². The zero-order valence-corrected chi connectivity index (χ0v) is 39.9. The first-order chi connectivity index (χ1) is 36.9. The Hall–Kier alpha value is -9.08. The number of halogens is 8. The first-order valence-electron chi connectivity index (χ1n) is 23.0. The maximum Gasteiger partial charge on any atom is 0.417 e. The molecule has 400 valence electrons. The van der Waals surface area contributed by atoms with E-state index in [0.717, 1.165) is 75.5 Å². The smallest absolute Gasteiger partial charge is 0.417 e. The van der Waals surface area contributed by atoms with Crippen LogP contribution in [0.15, 0.2) is 135 Å². The first-order valence-corrected chi connectivity index (χ1v) is 23.0. The minimum absolute atomic E-state index is 0.0573. The van der Waals surface area contributed by atoms with Crippen LogP contribution in [0.2, 0.25) is 0 Å². The zero-order chi connectivity index (χ0) is 54.5. The third-order valence-corrected chi connectivity index (χ3v) is 10.9. The van der Waals surface area contributed by atoms with E-state index in [1.807, 2.05) is 10.9 Å². The fourth-order valence-corrected chi connectivity index (χ4v) is 7.16. The van der Waals surface area contributed by atoms with E-state index in [-0.39, 0.29) is 40.9 Å². The van der Waals surface area contributed by atoms with Gasteiger partial charge in [-0.25, -0.2) is 18.4 Å². The molecular formula is C50H43F8N13O6. The van der Waals surface area contributed by atoms with Crippen molar-refractivity contribution in [3.8, 4) is 45.5 Å². The molecule has 0 atom stereocenters. The lowest BCUT2D eigenvalue weighted by atomic mass is 10.2. The lowest BCUT2D eigenvalue weighted by Crippen LogP contribution is -2.38. The Bertz CT molecular complexity index is 3320. The molecule has 27 heteroatoms. The predicted octanol–water partition coefficient (Wildman–Crippen LogP) is 10.2. The van der Waals surface area contributed by atoms with Crippen molar-refractivity contribution in [1.82, 2.24) is 44.4 Å². The Morgan fingerprint density at radius 3 is 1.47 bits per heavy atom. The van der Waals surface area contributed by atoms with Gasteiger partial charge in [0.1, 0.15) is 34.6 Å². The molecule has 8 aromatic rings. The van der Waals surface area contributed by atoms with E-state index < -0.39 is 47.2 Å². The summed E-state index contributed by atoms with van der Waals surface area (Å²) in [5, 5.41) is 26.4. The summed E-state index contributed by atoms with van der Waals surface area (Å²) in [6, 6.07) is 13.5.